The average Bonchev–Trinajstić information content (AvgIpc) is 2.28. The molecule has 2 rings (SSSR count). The minimum Gasteiger partial charge on any atom is -0.483 e. The fraction of sp³-hybridized carbons (Fsp3) is 0.571. The van der Waals surface area contributed by atoms with E-state index in [0.717, 1.165) is 30.5 Å². The molecule has 19 heavy (non-hydrogen) atoms. The fourth-order valence-corrected chi connectivity index (χ4v) is 2.50. The molecule has 1 saturated carbocycles. The van der Waals surface area contributed by atoms with E-state index in [1.807, 2.05) is 19.9 Å². The third kappa shape index (κ3) is 3.04. The summed E-state index contributed by atoms with van der Waals surface area (Å²) in [5.74, 6) is 0.426. The van der Waals surface area contributed by atoms with E-state index in [1.165, 1.54) is 0 Å². The third-order valence-electron chi connectivity index (χ3n) is 3.47. The largest absolute Gasteiger partial charge is 0.483 e. The van der Waals surface area contributed by atoms with Gasteiger partial charge in [0.1, 0.15) is 6.10 Å². The van der Waals surface area contributed by atoms with Gasteiger partial charge in [-0.25, -0.2) is 0 Å². The predicted octanol–water partition coefficient (Wildman–Crippen LogP) is 2.73. The molecule has 0 heterocycles. The van der Waals surface area contributed by atoms with E-state index in [0.29, 0.717) is 11.8 Å². The van der Waals surface area contributed by atoms with Gasteiger partial charge in [0.2, 0.25) is 0 Å². The van der Waals surface area contributed by atoms with Crippen molar-refractivity contribution >= 4 is 5.69 Å². The average molecular weight is 264 g/mol. The molecular formula is C14H20N2O3. The van der Waals surface area contributed by atoms with Gasteiger partial charge in [-0.1, -0.05) is 13.0 Å². The SMILES string of the molecule is CCNC1CC(Oc2c(C)cc(C)cc2[N+](=O)[O-])C1. The molecule has 1 fully saturated rings. The highest BCUT2D eigenvalue weighted by Crippen LogP contribution is 2.36. The van der Waals surface area contributed by atoms with Gasteiger partial charge in [0, 0.05) is 12.1 Å². The first-order valence-corrected chi connectivity index (χ1v) is 6.67. The van der Waals surface area contributed by atoms with Crippen LogP contribution in [0.15, 0.2) is 12.1 Å². The van der Waals surface area contributed by atoms with Gasteiger partial charge in [-0.15, -0.1) is 0 Å². The summed E-state index contributed by atoms with van der Waals surface area (Å²) in [6.45, 7) is 6.73. The summed E-state index contributed by atoms with van der Waals surface area (Å²) in [6, 6.07) is 3.98. The number of ether oxygens (including phenoxy) is 1. The molecule has 1 aromatic carbocycles. The number of hydrogen-bond acceptors (Lipinski definition) is 4. The summed E-state index contributed by atoms with van der Waals surface area (Å²) in [6.07, 6.45) is 1.92. The molecule has 0 aromatic heterocycles. The van der Waals surface area contributed by atoms with Gasteiger partial charge in [0.05, 0.1) is 4.92 Å². The summed E-state index contributed by atoms with van der Waals surface area (Å²) >= 11 is 0. The highest BCUT2D eigenvalue weighted by Gasteiger charge is 2.32. The van der Waals surface area contributed by atoms with Crippen LogP contribution in [-0.2, 0) is 0 Å². The van der Waals surface area contributed by atoms with E-state index in [1.54, 1.807) is 6.07 Å². The maximum absolute atomic E-state index is 11.1. The summed E-state index contributed by atoms with van der Waals surface area (Å²) in [4.78, 5) is 10.7. The zero-order valence-electron chi connectivity index (χ0n) is 11.6. The van der Waals surface area contributed by atoms with E-state index in [-0.39, 0.29) is 16.7 Å². The van der Waals surface area contributed by atoms with Crippen molar-refractivity contribution in [3.05, 3.63) is 33.4 Å². The van der Waals surface area contributed by atoms with Crippen molar-refractivity contribution < 1.29 is 9.66 Å². The van der Waals surface area contributed by atoms with Gasteiger partial charge >= 0.3 is 5.69 Å². The van der Waals surface area contributed by atoms with Crippen molar-refractivity contribution in [2.24, 2.45) is 0 Å². The Morgan fingerprint density at radius 2 is 2.11 bits per heavy atom. The fourth-order valence-electron chi connectivity index (χ4n) is 2.50. The Kier molecular flexibility index (Phi) is 4.04. The lowest BCUT2D eigenvalue weighted by atomic mass is 9.89. The number of aryl methyl sites for hydroxylation is 2. The topological polar surface area (TPSA) is 64.4 Å². The molecule has 1 N–H and O–H groups in total. The second kappa shape index (κ2) is 5.57. The van der Waals surface area contributed by atoms with Crippen molar-refractivity contribution in [2.75, 3.05) is 6.54 Å². The number of nitro groups is 1. The van der Waals surface area contributed by atoms with Crippen molar-refractivity contribution in [2.45, 2.75) is 45.8 Å². The quantitative estimate of drug-likeness (QED) is 0.656. The number of rotatable bonds is 5. The van der Waals surface area contributed by atoms with Gasteiger partial charge < -0.3 is 10.1 Å². The molecule has 0 amide bonds. The van der Waals surface area contributed by atoms with E-state index >= 15 is 0 Å². The Morgan fingerprint density at radius 1 is 1.42 bits per heavy atom. The minimum absolute atomic E-state index is 0.0735. The first kappa shape index (κ1) is 13.8. The summed E-state index contributed by atoms with van der Waals surface area (Å²) in [5.41, 5.74) is 1.79. The van der Waals surface area contributed by atoms with Gasteiger partial charge in [0.25, 0.3) is 0 Å². The lowest BCUT2D eigenvalue weighted by Crippen LogP contribution is -2.46. The molecule has 0 atom stereocenters. The molecule has 5 nitrogen and oxygen atoms in total. The normalized spacial score (nSPS) is 21.8. The van der Waals surface area contributed by atoms with Gasteiger partial charge in [0.15, 0.2) is 5.75 Å². The number of nitro benzene ring substituents is 1. The predicted molar refractivity (Wildman–Crippen MR) is 73.7 cm³/mol. The molecule has 0 bridgehead atoms. The number of hydrogen-bond donors (Lipinski definition) is 1. The van der Waals surface area contributed by atoms with Crippen molar-refractivity contribution in [3.63, 3.8) is 0 Å². The van der Waals surface area contributed by atoms with Crippen molar-refractivity contribution in [1.82, 2.24) is 5.32 Å². The molecule has 0 saturated heterocycles. The Hall–Kier alpha value is -1.62. The Labute approximate surface area is 113 Å². The van der Waals surface area contributed by atoms with Crippen LogP contribution in [0.1, 0.15) is 30.9 Å². The van der Waals surface area contributed by atoms with E-state index in [4.69, 9.17) is 4.74 Å². The lowest BCUT2D eigenvalue weighted by Gasteiger charge is -2.35. The van der Waals surface area contributed by atoms with Gasteiger partial charge in [-0.3, -0.25) is 10.1 Å². The molecule has 0 spiro atoms. The van der Waals surface area contributed by atoms with Crippen molar-refractivity contribution in [1.29, 1.82) is 0 Å². The molecule has 0 unspecified atom stereocenters. The number of nitrogens with zero attached hydrogens (tertiary/aromatic N) is 1. The molecule has 1 aliphatic carbocycles. The molecule has 5 heteroatoms. The van der Waals surface area contributed by atoms with Crippen molar-refractivity contribution in [3.8, 4) is 5.75 Å². The number of benzene rings is 1. The van der Waals surface area contributed by atoms with E-state index in [9.17, 15) is 10.1 Å². The van der Waals surface area contributed by atoms with Crippen LogP contribution in [0.25, 0.3) is 0 Å². The summed E-state index contributed by atoms with van der Waals surface area (Å²) in [5, 5.41) is 14.4. The van der Waals surface area contributed by atoms with E-state index < -0.39 is 0 Å². The van der Waals surface area contributed by atoms with Crippen LogP contribution in [-0.4, -0.2) is 23.6 Å². The Balaban J connectivity index is 2.10. The van der Waals surface area contributed by atoms with Crippen LogP contribution < -0.4 is 10.1 Å². The van der Waals surface area contributed by atoms with Gasteiger partial charge in [-0.2, -0.15) is 0 Å². The van der Waals surface area contributed by atoms with Crippen LogP contribution in [0, 0.1) is 24.0 Å². The van der Waals surface area contributed by atoms with Crippen LogP contribution in [0.5, 0.6) is 5.75 Å². The first-order valence-electron chi connectivity index (χ1n) is 6.67. The zero-order chi connectivity index (χ0) is 14.0. The number of nitrogens with one attached hydrogen (secondary N) is 1. The second-order valence-corrected chi connectivity index (χ2v) is 5.15. The summed E-state index contributed by atoms with van der Waals surface area (Å²) < 4.78 is 5.82. The van der Waals surface area contributed by atoms with Crippen LogP contribution >= 0.6 is 0 Å². The second-order valence-electron chi connectivity index (χ2n) is 5.15. The molecule has 1 aromatic rings. The zero-order valence-corrected chi connectivity index (χ0v) is 11.6. The van der Waals surface area contributed by atoms with Crippen LogP contribution in [0.4, 0.5) is 5.69 Å². The lowest BCUT2D eigenvalue weighted by molar-refractivity contribution is -0.386. The summed E-state index contributed by atoms with van der Waals surface area (Å²) in [7, 11) is 0. The molecule has 0 radical (unpaired) electrons. The maximum atomic E-state index is 11.1. The first-order chi connectivity index (χ1) is 9.01. The third-order valence-corrected chi connectivity index (χ3v) is 3.47. The maximum Gasteiger partial charge on any atom is 0.311 e. The standard InChI is InChI=1S/C14H20N2O3/c1-4-15-11-7-12(8-11)19-14-10(3)5-9(2)6-13(14)16(17)18/h5-6,11-12,15H,4,7-8H2,1-3H3. The Bertz CT molecular complexity index is 482. The molecule has 1 aliphatic rings. The highest BCUT2D eigenvalue weighted by molar-refractivity contribution is 5.53. The van der Waals surface area contributed by atoms with E-state index in [2.05, 4.69) is 12.2 Å². The van der Waals surface area contributed by atoms with Crippen LogP contribution in [0.2, 0.25) is 0 Å². The smallest absolute Gasteiger partial charge is 0.311 e. The molecular weight excluding hydrogens is 244 g/mol. The Morgan fingerprint density at radius 3 is 2.68 bits per heavy atom. The molecule has 0 aliphatic heterocycles. The monoisotopic (exact) mass is 264 g/mol. The van der Waals surface area contributed by atoms with Crippen LogP contribution in [0.3, 0.4) is 0 Å². The molecule has 104 valence electrons. The van der Waals surface area contributed by atoms with Gasteiger partial charge in [-0.05, 0) is 44.4 Å². The minimum atomic E-state index is -0.365. The highest BCUT2D eigenvalue weighted by atomic mass is 16.6.